The van der Waals surface area contributed by atoms with E-state index in [1.807, 2.05) is 0 Å². The minimum absolute atomic E-state index is 0. The van der Waals surface area contributed by atoms with Crippen molar-refractivity contribution >= 4 is 48.7 Å². The molecule has 0 saturated heterocycles. The molecule has 0 unspecified atom stereocenters. The summed E-state index contributed by atoms with van der Waals surface area (Å²) in [6.07, 6.45) is 0. The number of rotatable bonds is 0. The van der Waals surface area contributed by atoms with Crippen molar-refractivity contribution in [1.29, 1.82) is 0 Å². The van der Waals surface area contributed by atoms with Gasteiger partial charge in [-0.25, -0.2) is 0 Å². The van der Waals surface area contributed by atoms with Crippen molar-refractivity contribution in [2.24, 2.45) is 5.34 Å². The summed E-state index contributed by atoms with van der Waals surface area (Å²) in [6.45, 7) is 0. The van der Waals surface area contributed by atoms with Gasteiger partial charge in [0.1, 0.15) is 0 Å². The fourth-order valence-electron chi connectivity index (χ4n) is 0. The Kier molecular flexibility index (Phi) is 70.3. The third-order valence-electron chi connectivity index (χ3n) is 0. The van der Waals surface area contributed by atoms with E-state index >= 15 is 0 Å². The van der Waals surface area contributed by atoms with E-state index in [2.05, 4.69) is 0 Å². The molecule has 0 heterocycles. The molecule has 0 bridgehead atoms. The van der Waals surface area contributed by atoms with Gasteiger partial charge < -0.3 is 5.21 Å². The third-order valence-corrected chi connectivity index (χ3v) is 0. The van der Waals surface area contributed by atoms with Gasteiger partial charge in [-0.2, -0.15) is 0 Å². The van der Waals surface area contributed by atoms with E-state index in [-0.39, 0.29) is 48.7 Å². The van der Waals surface area contributed by atoms with E-state index < -0.39 is 0 Å². The SMILES string of the molecule is O=NO.[CaH2].[SiH4]. The van der Waals surface area contributed by atoms with Gasteiger partial charge in [-0.3, -0.25) is 0 Å². The van der Waals surface area contributed by atoms with Crippen LogP contribution in [0.3, 0.4) is 0 Å². The van der Waals surface area contributed by atoms with Gasteiger partial charge in [0.05, 0.1) is 0 Å². The Bertz CT molecular complexity index is 17.1. The molecule has 0 spiro atoms. The van der Waals surface area contributed by atoms with Crippen LogP contribution < -0.4 is 0 Å². The second kappa shape index (κ2) is 20.8. The summed E-state index contributed by atoms with van der Waals surface area (Å²) in [5, 5.41) is 7.89. The van der Waals surface area contributed by atoms with E-state index in [4.69, 9.17) is 10.1 Å². The maximum Gasteiger partial charge on any atom is -0.0149 e. The molecule has 0 aliphatic rings. The average molecular weight is 121 g/mol. The Morgan fingerprint density at radius 2 is 1.60 bits per heavy atom. The zero-order chi connectivity index (χ0) is 2.71. The molecule has 0 radical (unpaired) electrons. The van der Waals surface area contributed by atoms with E-state index in [0.717, 1.165) is 0 Å². The average Bonchev–Trinajstić information content (AvgIpc) is 0.918. The monoisotopic (exact) mass is 121 g/mol. The molecule has 0 atom stereocenters. The molecule has 1 N–H and O–H groups in total. The van der Waals surface area contributed by atoms with Crippen molar-refractivity contribution in [2.75, 3.05) is 0 Å². The van der Waals surface area contributed by atoms with Gasteiger partial charge in [0.15, 0.2) is 5.34 Å². The van der Waals surface area contributed by atoms with E-state index in [1.165, 1.54) is 5.34 Å². The van der Waals surface area contributed by atoms with Gasteiger partial charge in [0.2, 0.25) is 0 Å². The van der Waals surface area contributed by atoms with Crippen molar-refractivity contribution < 1.29 is 5.21 Å². The first kappa shape index (κ1) is 16.9. The van der Waals surface area contributed by atoms with Crippen LogP contribution in [0, 0.1) is 4.91 Å². The zero-order valence-electron chi connectivity index (χ0n) is 1.30. The topological polar surface area (TPSA) is 49.7 Å². The first-order valence-electron chi connectivity index (χ1n) is 0.383. The molecule has 0 fully saturated rings. The largest absolute Gasteiger partial charge is 0.0149 e. The maximum absolute atomic E-state index is 8.11. The summed E-state index contributed by atoms with van der Waals surface area (Å²) < 4.78 is 0. The predicted octanol–water partition coefficient (Wildman–Crippen LogP) is -2.23. The molecule has 0 saturated carbocycles. The maximum atomic E-state index is 8.11. The van der Waals surface area contributed by atoms with E-state index in [9.17, 15) is 0 Å². The number of hydrogen-bond acceptors (Lipinski definition) is 2. The second-order valence-electron chi connectivity index (χ2n) is 0.0816. The van der Waals surface area contributed by atoms with E-state index in [1.54, 1.807) is 0 Å². The number of hydrogen-bond donors (Lipinski definition) is 1. The zero-order valence-corrected chi connectivity index (χ0v) is 1.30. The fraction of sp³-hybridized carbons (Fsp3) is 0. The quantitative estimate of drug-likeness (QED) is 0.224. The molecule has 5 heteroatoms. The minimum atomic E-state index is 0. The third kappa shape index (κ3) is 52.5. The minimum Gasteiger partial charge on any atom is -0.0149 e. The van der Waals surface area contributed by atoms with Crippen LogP contribution in [0.4, 0.5) is 0 Å². The molecule has 0 aromatic heterocycles. The molecular weight excluding hydrogens is 114 g/mol. The van der Waals surface area contributed by atoms with E-state index in [0.29, 0.717) is 0 Å². The van der Waals surface area contributed by atoms with Crippen molar-refractivity contribution in [3.8, 4) is 0 Å². The van der Waals surface area contributed by atoms with Crippen molar-refractivity contribution in [2.45, 2.75) is 0 Å². The summed E-state index contributed by atoms with van der Waals surface area (Å²) >= 11 is 0. The number of nitrogens with zero attached hydrogens (tertiary/aromatic N) is 1. The Hall–Kier alpha value is 0.877. The molecule has 5 heavy (non-hydrogen) atoms. The molecule has 3 nitrogen and oxygen atoms in total. The van der Waals surface area contributed by atoms with Crippen molar-refractivity contribution in [3.63, 3.8) is 0 Å². The van der Waals surface area contributed by atoms with Gasteiger partial charge in [-0.1, -0.05) is 0 Å². The molecule has 0 amide bonds. The summed E-state index contributed by atoms with van der Waals surface area (Å²) in [5.41, 5.74) is 0. The van der Waals surface area contributed by atoms with Crippen molar-refractivity contribution in [1.82, 2.24) is 0 Å². The molecular formula is H7CaNO2Si. The molecule has 0 rings (SSSR count). The van der Waals surface area contributed by atoms with Crippen LogP contribution in [0.25, 0.3) is 0 Å². The summed E-state index contributed by atoms with van der Waals surface area (Å²) in [5.74, 6) is 0. The van der Waals surface area contributed by atoms with Crippen LogP contribution in [0.5, 0.6) is 0 Å². The van der Waals surface area contributed by atoms with Crippen LogP contribution in [-0.4, -0.2) is 53.9 Å². The fourth-order valence-corrected chi connectivity index (χ4v) is 0. The summed E-state index contributed by atoms with van der Waals surface area (Å²) in [4.78, 5) is 8.11. The van der Waals surface area contributed by atoms with Crippen LogP contribution >= 0.6 is 0 Å². The van der Waals surface area contributed by atoms with Gasteiger partial charge in [0.25, 0.3) is 0 Å². The van der Waals surface area contributed by atoms with Crippen LogP contribution in [-0.2, 0) is 0 Å². The summed E-state index contributed by atoms with van der Waals surface area (Å²) in [6, 6.07) is 0. The smallest absolute Gasteiger partial charge is 0.0149 e. The van der Waals surface area contributed by atoms with Crippen molar-refractivity contribution in [3.05, 3.63) is 4.91 Å². The van der Waals surface area contributed by atoms with Gasteiger partial charge in [-0.15, -0.1) is 4.91 Å². The first-order chi connectivity index (χ1) is 1.41. The standard InChI is InChI=1S/Ca.HNO2.H4Si.2H/c;2-1-3;;;/h;(H,2,3);1H4;;. The molecule has 30 valence electrons. The van der Waals surface area contributed by atoms with Gasteiger partial charge in [-0.05, 0) is 11.0 Å². The Morgan fingerprint density at radius 3 is 1.60 bits per heavy atom. The molecule has 0 aromatic carbocycles. The normalized spacial score (nSPS) is 2.40. The predicted molar refractivity (Wildman–Crippen MR) is 27.5 cm³/mol. The van der Waals surface area contributed by atoms with Crippen LogP contribution in [0.15, 0.2) is 5.34 Å². The Morgan fingerprint density at radius 1 is 1.60 bits per heavy atom. The van der Waals surface area contributed by atoms with Gasteiger partial charge >= 0.3 is 37.7 Å². The second-order valence-corrected chi connectivity index (χ2v) is 0.0816. The van der Waals surface area contributed by atoms with Crippen LogP contribution in [0.1, 0.15) is 0 Å². The molecule has 0 aliphatic heterocycles. The molecule has 0 aliphatic carbocycles. The van der Waals surface area contributed by atoms with Crippen LogP contribution in [0.2, 0.25) is 0 Å². The Labute approximate surface area is 63.7 Å². The van der Waals surface area contributed by atoms with Gasteiger partial charge in [0, 0.05) is 0 Å². The Balaban J connectivity index is -0.0000000200. The first-order valence-corrected chi connectivity index (χ1v) is 0.383. The summed E-state index contributed by atoms with van der Waals surface area (Å²) in [7, 11) is 0. The molecule has 0 aromatic rings.